The number of ether oxygens (including phenoxy) is 1. The first-order chi connectivity index (χ1) is 11.5. The Bertz CT molecular complexity index is 753. The van der Waals surface area contributed by atoms with Gasteiger partial charge in [0, 0.05) is 36.6 Å². The van der Waals surface area contributed by atoms with Crippen molar-refractivity contribution in [2.45, 2.75) is 32.3 Å². The van der Waals surface area contributed by atoms with E-state index in [9.17, 15) is 9.59 Å². The number of hydrogen-bond acceptors (Lipinski definition) is 3. The Balaban J connectivity index is 1.60. The van der Waals surface area contributed by atoms with E-state index in [-0.39, 0.29) is 12.3 Å². The molecule has 1 atom stereocenters. The summed E-state index contributed by atoms with van der Waals surface area (Å²) < 4.78 is 5.41. The number of amides is 1. The number of carbonyl (C=O) groups is 2. The highest BCUT2D eigenvalue weighted by Crippen LogP contribution is 2.21. The third-order valence-electron chi connectivity index (χ3n) is 4.42. The quantitative estimate of drug-likeness (QED) is 0.879. The molecule has 1 fully saturated rings. The fourth-order valence-electron chi connectivity index (χ4n) is 3.16. The summed E-state index contributed by atoms with van der Waals surface area (Å²) in [5, 5.41) is 10.0. The second kappa shape index (κ2) is 7.05. The molecule has 2 N–H and O–H groups in total. The fourth-order valence-corrected chi connectivity index (χ4v) is 3.16. The summed E-state index contributed by atoms with van der Waals surface area (Å²) >= 11 is 0. The monoisotopic (exact) mass is 330 g/mol. The molecule has 0 aliphatic carbocycles. The number of aromatic nitrogens is 1. The predicted molar refractivity (Wildman–Crippen MR) is 89.9 cm³/mol. The van der Waals surface area contributed by atoms with E-state index in [2.05, 4.69) is 30.1 Å². The molecular weight excluding hydrogens is 308 g/mol. The van der Waals surface area contributed by atoms with Crippen LogP contribution in [0.15, 0.2) is 24.4 Å². The van der Waals surface area contributed by atoms with Gasteiger partial charge in [0.15, 0.2) is 0 Å². The van der Waals surface area contributed by atoms with E-state index in [0.717, 1.165) is 16.5 Å². The zero-order chi connectivity index (χ0) is 17.1. The van der Waals surface area contributed by atoms with Crippen LogP contribution >= 0.6 is 0 Å². The van der Waals surface area contributed by atoms with Crippen LogP contribution in [0.3, 0.4) is 0 Å². The normalized spacial score (nSPS) is 18.0. The first-order valence-electron chi connectivity index (χ1n) is 8.20. The van der Waals surface area contributed by atoms with Crippen molar-refractivity contribution in [1.82, 2.24) is 9.88 Å². The van der Waals surface area contributed by atoms with Gasteiger partial charge in [-0.2, -0.15) is 0 Å². The van der Waals surface area contributed by atoms with E-state index >= 15 is 0 Å². The number of rotatable bonds is 5. The van der Waals surface area contributed by atoms with Crippen molar-refractivity contribution in [3.8, 4) is 0 Å². The highest BCUT2D eigenvalue weighted by Gasteiger charge is 2.25. The number of H-pyrrole nitrogens is 1. The van der Waals surface area contributed by atoms with Crippen molar-refractivity contribution in [2.75, 3.05) is 19.7 Å². The van der Waals surface area contributed by atoms with Crippen LogP contribution in [0.1, 0.15) is 24.0 Å². The molecule has 3 rings (SSSR count). The molecule has 2 aromatic rings. The molecule has 0 saturated carbocycles. The minimum Gasteiger partial charge on any atom is -0.481 e. The van der Waals surface area contributed by atoms with Crippen LogP contribution in [0.25, 0.3) is 10.9 Å². The molecule has 24 heavy (non-hydrogen) atoms. The number of aryl methyl sites for hydroxylation is 2. The summed E-state index contributed by atoms with van der Waals surface area (Å²) in [6, 6.07) is 6.24. The number of aromatic amines is 1. The van der Waals surface area contributed by atoms with E-state index in [4.69, 9.17) is 9.84 Å². The highest BCUT2D eigenvalue weighted by molar-refractivity contribution is 5.85. The van der Waals surface area contributed by atoms with Crippen molar-refractivity contribution in [1.29, 1.82) is 0 Å². The second-order valence-electron chi connectivity index (χ2n) is 6.29. The van der Waals surface area contributed by atoms with Gasteiger partial charge < -0.3 is 19.7 Å². The van der Waals surface area contributed by atoms with Crippen molar-refractivity contribution in [3.63, 3.8) is 0 Å². The molecule has 1 unspecified atom stereocenters. The maximum Gasteiger partial charge on any atom is 0.306 e. The number of nitrogens with one attached hydrogen (secondary N) is 1. The number of nitrogens with zero attached hydrogens (tertiary/aromatic N) is 1. The topological polar surface area (TPSA) is 82.6 Å². The largest absolute Gasteiger partial charge is 0.481 e. The summed E-state index contributed by atoms with van der Waals surface area (Å²) in [6.07, 6.45) is 2.58. The summed E-state index contributed by atoms with van der Waals surface area (Å²) in [6.45, 7) is 3.34. The van der Waals surface area contributed by atoms with Crippen LogP contribution in [0.5, 0.6) is 0 Å². The zero-order valence-corrected chi connectivity index (χ0v) is 13.7. The predicted octanol–water partition coefficient (Wildman–Crippen LogP) is 2.11. The average Bonchev–Trinajstić information content (AvgIpc) is 2.94. The summed E-state index contributed by atoms with van der Waals surface area (Å²) in [5.41, 5.74) is 3.41. The van der Waals surface area contributed by atoms with E-state index in [1.807, 2.05) is 6.20 Å². The molecule has 1 aliphatic rings. The van der Waals surface area contributed by atoms with Gasteiger partial charge in [0.05, 0.1) is 19.1 Å². The summed E-state index contributed by atoms with van der Waals surface area (Å²) in [5.74, 6) is -0.848. The number of benzene rings is 1. The van der Waals surface area contributed by atoms with Gasteiger partial charge in [0.2, 0.25) is 5.91 Å². The SMILES string of the molecule is Cc1ccc2[nH]cc(CCC(=O)N3CCOC(CC(=O)O)C3)c2c1. The van der Waals surface area contributed by atoms with Crippen molar-refractivity contribution < 1.29 is 19.4 Å². The molecule has 1 aromatic heterocycles. The van der Waals surface area contributed by atoms with Crippen LogP contribution < -0.4 is 0 Å². The van der Waals surface area contributed by atoms with Gasteiger partial charge in [-0.1, -0.05) is 11.6 Å². The number of aliphatic carboxylic acids is 1. The number of carbonyl (C=O) groups excluding carboxylic acids is 1. The first-order valence-corrected chi connectivity index (χ1v) is 8.20. The smallest absolute Gasteiger partial charge is 0.306 e. The van der Waals surface area contributed by atoms with Crippen LogP contribution in [0.2, 0.25) is 0 Å². The fraction of sp³-hybridized carbons (Fsp3) is 0.444. The molecule has 6 heteroatoms. The van der Waals surface area contributed by atoms with E-state index in [1.54, 1.807) is 4.90 Å². The number of morpholine rings is 1. The van der Waals surface area contributed by atoms with Gasteiger partial charge in [0.25, 0.3) is 0 Å². The lowest BCUT2D eigenvalue weighted by atomic mass is 10.1. The third-order valence-corrected chi connectivity index (χ3v) is 4.42. The van der Waals surface area contributed by atoms with Crippen molar-refractivity contribution in [2.24, 2.45) is 0 Å². The Morgan fingerprint density at radius 3 is 3.04 bits per heavy atom. The maximum atomic E-state index is 12.4. The number of hydrogen-bond donors (Lipinski definition) is 2. The number of carboxylic acid groups (broad SMARTS) is 1. The van der Waals surface area contributed by atoms with Gasteiger partial charge in [0.1, 0.15) is 0 Å². The maximum absolute atomic E-state index is 12.4. The first kappa shape index (κ1) is 16.5. The Morgan fingerprint density at radius 2 is 2.25 bits per heavy atom. The minimum atomic E-state index is -0.900. The molecular formula is C18H22N2O4. The summed E-state index contributed by atoms with van der Waals surface area (Å²) in [4.78, 5) is 28.2. The molecule has 0 spiro atoms. The molecule has 128 valence electrons. The lowest BCUT2D eigenvalue weighted by Gasteiger charge is -2.32. The summed E-state index contributed by atoms with van der Waals surface area (Å²) in [7, 11) is 0. The molecule has 2 heterocycles. The van der Waals surface area contributed by atoms with E-state index in [0.29, 0.717) is 32.5 Å². The molecule has 1 aromatic carbocycles. The number of carboxylic acids is 1. The molecule has 0 bridgehead atoms. The second-order valence-corrected chi connectivity index (χ2v) is 6.29. The molecule has 1 aliphatic heterocycles. The Morgan fingerprint density at radius 1 is 1.42 bits per heavy atom. The van der Waals surface area contributed by atoms with Crippen molar-refractivity contribution in [3.05, 3.63) is 35.5 Å². The van der Waals surface area contributed by atoms with Crippen LogP contribution in [-0.2, 0) is 20.7 Å². The molecule has 1 amide bonds. The van der Waals surface area contributed by atoms with Gasteiger partial charge >= 0.3 is 5.97 Å². The standard InChI is InChI=1S/C18H22N2O4/c1-12-2-4-16-15(8-12)13(10-19-16)3-5-17(21)20-6-7-24-14(11-20)9-18(22)23/h2,4,8,10,14,19H,3,5-7,9,11H2,1H3,(H,22,23). The molecule has 1 saturated heterocycles. The van der Waals surface area contributed by atoms with E-state index < -0.39 is 12.1 Å². The average molecular weight is 330 g/mol. The minimum absolute atomic E-state index is 0.0516. The van der Waals surface area contributed by atoms with Gasteiger partial charge in [-0.3, -0.25) is 9.59 Å². The Labute approximate surface area is 140 Å². The third kappa shape index (κ3) is 3.76. The van der Waals surface area contributed by atoms with Gasteiger partial charge in [-0.15, -0.1) is 0 Å². The zero-order valence-electron chi connectivity index (χ0n) is 13.7. The van der Waals surface area contributed by atoms with Crippen LogP contribution in [0, 0.1) is 6.92 Å². The van der Waals surface area contributed by atoms with Crippen LogP contribution in [-0.4, -0.2) is 52.7 Å². The Hall–Kier alpha value is -2.34. The number of fused-ring (bicyclic) bond motifs is 1. The lowest BCUT2D eigenvalue weighted by Crippen LogP contribution is -2.46. The molecule has 0 radical (unpaired) electrons. The van der Waals surface area contributed by atoms with E-state index in [1.165, 1.54) is 5.56 Å². The Kier molecular flexibility index (Phi) is 4.85. The lowest BCUT2D eigenvalue weighted by molar-refractivity contribution is -0.147. The highest BCUT2D eigenvalue weighted by atomic mass is 16.5. The van der Waals surface area contributed by atoms with Gasteiger partial charge in [-0.05, 0) is 31.0 Å². The van der Waals surface area contributed by atoms with Gasteiger partial charge in [-0.25, -0.2) is 0 Å². The van der Waals surface area contributed by atoms with Crippen LogP contribution in [0.4, 0.5) is 0 Å². The molecule has 6 nitrogen and oxygen atoms in total. The van der Waals surface area contributed by atoms with Crippen molar-refractivity contribution >= 4 is 22.8 Å².